The number of primary amides is 1. The van der Waals surface area contributed by atoms with Gasteiger partial charge in [0.25, 0.3) is 0 Å². The Kier molecular flexibility index (Phi) is 7.74. The molecule has 208 valence electrons. The van der Waals surface area contributed by atoms with Crippen molar-refractivity contribution in [2.24, 2.45) is 5.73 Å². The van der Waals surface area contributed by atoms with Gasteiger partial charge < -0.3 is 15.6 Å². The second-order valence-corrected chi connectivity index (χ2v) is 11.0. The molecule has 2 amide bonds. The molecular formula is C28H31N7O4S. The number of rotatable bonds is 8. The molecule has 0 bridgehead atoms. The number of amides is 2. The van der Waals surface area contributed by atoms with Crippen LogP contribution in [0.15, 0.2) is 48.9 Å². The summed E-state index contributed by atoms with van der Waals surface area (Å²) in [5, 5.41) is 10.6. The van der Waals surface area contributed by atoms with Gasteiger partial charge in [-0.1, -0.05) is 31.3 Å². The predicted octanol–water partition coefficient (Wildman–Crippen LogP) is 3.78. The zero-order chi connectivity index (χ0) is 28.4. The molecule has 12 heteroatoms. The van der Waals surface area contributed by atoms with Crippen molar-refractivity contribution >= 4 is 38.7 Å². The van der Waals surface area contributed by atoms with Crippen LogP contribution in [0.5, 0.6) is 0 Å². The Labute approximate surface area is 235 Å². The lowest BCUT2D eigenvalue weighted by Crippen LogP contribution is -2.56. The van der Waals surface area contributed by atoms with E-state index >= 15 is 0 Å². The van der Waals surface area contributed by atoms with Crippen LogP contribution in [0.1, 0.15) is 26.6 Å². The first-order valence-electron chi connectivity index (χ1n) is 13.0. The highest BCUT2D eigenvalue weighted by atomic mass is 32.1. The van der Waals surface area contributed by atoms with E-state index in [9.17, 15) is 14.7 Å². The number of benzene rings is 1. The van der Waals surface area contributed by atoms with Gasteiger partial charge in [-0.3, -0.25) is 19.6 Å². The Balaban J connectivity index is 1.55. The first-order valence-corrected chi connectivity index (χ1v) is 13.8. The molecule has 5 rings (SSSR count). The van der Waals surface area contributed by atoms with Gasteiger partial charge in [-0.05, 0) is 36.8 Å². The van der Waals surface area contributed by atoms with Crippen LogP contribution < -0.4 is 10.6 Å². The van der Waals surface area contributed by atoms with Gasteiger partial charge in [0, 0.05) is 49.4 Å². The minimum atomic E-state index is -0.915. The number of pyridine rings is 1. The van der Waals surface area contributed by atoms with Gasteiger partial charge in [0.15, 0.2) is 5.13 Å². The molecule has 0 aliphatic carbocycles. The normalized spacial score (nSPS) is 15.2. The Morgan fingerprint density at radius 2 is 1.88 bits per heavy atom. The molecule has 1 unspecified atom stereocenters. The number of hydrogen-bond donors (Lipinski definition) is 2. The Bertz CT molecular complexity index is 1520. The lowest BCUT2D eigenvalue weighted by molar-refractivity contribution is -0.148. The van der Waals surface area contributed by atoms with Gasteiger partial charge in [0.2, 0.25) is 0 Å². The standard InChI is InChI=1S/C28H31N7O4S/c1-4-35(26(29)38)27-33-21-14-17(13-19(22(21)40-27)20-7-5-6-8-30-20)18-15-31-25(32-16-18)28(2,3)23(24(36)37)34-9-11-39-12-10-34/h5-8,13-16,23H,4,9-12H2,1-3H3,(H2,29,38)(H,36,37). The van der Waals surface area contributed by atoms with E-state index in [-0.39, 0.29) is 0 Å². The maximum absolute atomic E-state index is 12.3. The van der Waals surface area contributed by atoms with Crippen molar-refractivity contribution in [2.75, 3.05) is 37.7 Å². The summed E-state index contributed by atoms with van der Waals surface area (Å²) in [4.78, 5) is 46.2. The fourth-order valence-corrected chi connectivity index (χ4v) is 6.23. The van der Waals surface area contributed by atoms with E-state index in [1.54, 1.807) is 18.6 Å². The van der Waals surface area contributed by atoms with Crippen LogP contribution in [-0.4, -0.2) is 80.8 Å². The number of carbonyl (C=O) groups is 2. The lowest BCUT2D eigenvalue weighted by Gasteiger charge is -2.40. The number of urea groups is 1. The number of fused-ring (bicyclic) bond motifs is 1. The molecule has 1 aliphatic heterocycles. The topological polar surface area (TPSA) is 148 Å². The number of nitrogens with two attached hydrogens (primary N) is 1. The molecule has 1 saturated heterocycles. The summed E-state index contributed by atoms with van der Waals surface area (Å²) >= 11 is 1.38. The van der Waals surface area contributed by atoms with E-state index in [1.165, 1.54) is 16.2 Å². The molecule has 1 aliphatic rings. The van der Waals surface area contributed by atoms with Crippen molar-refractivity contribution in [1.82, 2.24) is 24.8 Å². The van der Waals surface area contributed by atoms with Crippen LogP contribution in [0.3, 0.4) is 0 Å². The number of thiazole rings is 1. The molecule has 3 aromatic heterocycles. The Morgan fingerprint density at radius 3 is 2.48 bits per heavy atom. The minimum absolute atomic E-state index is 0.397. The van der Waals surface area contributed by atoms with Gasteiger partial charge in [0.05, 0.1) is 34.5 Å². The summed E-state index contributed by atoms with van der Waals surface area (Å²) < 4.78 is 6.30. The molecule has 40 heavy (non-hydrogen) atoms. The molecule has 1 fully saturated rings. The highest BCUT2D eigenvalue weighted by Gasteiger charge is 2.43. The van der Waals surface area contributed by atoms with Gasteiger partial charge >= 0.3 is 12.0 Å². The Morgan fingerprint density at radius 1 is 1.15 bits per heavy atom. The first-order chi connectivity index (χ1) is 19.2. The molecule has 0 saturated carbocycles. The molecule has 1 aromatic carbocycles. The number of ether oxygens (including phenoxy) is 1. The quantitative estimate of drug-likeness (QED) is 0.328. The number of aliphatic carboxylic acids is 1. The number of hydrogen-bond acceptors (Lipinski definition) is 9. The van der Waals surface area contributed by atoms with Crippen molar-refractivity contribution in [3.05, 3.63) is 54.7 Å². The molecule has 1 atom stereocenters. The largest absolute Gasteiger partial charge is 0.480 e. The average molecular weight is 562 g/mol. The molecule has 11 nitrogen and oxygen atoms in total. The number of carbonyl (C=O) groups excluding carboxylic acids is 1. The Hall–Kier alpha value is -4.00. The van der Waals surface area contributed by atoms with Crippen molar-refractivity contribution in [3.8, 4) is 22.4 Å². The van der Waals surface area contributed by atoms with Crippen LogP contribution in [-0.2, 0) is 14.9 Å². The fourth-order valence-electron chi connectivity index (χ4n) is 5.09. The number of morpholine rings is 1. The zero-order valence-corrected chi connectivity index (χ0v) is 23.4. The first kappa shape index (κ1) is 27.6. The van der Waals surface area contributed by atoms with Crippen LogP contribution in [0, 0.1) is 0 Å². The van der Waals surface area contributed by atoms with Crippen LogP contribution in [0.2, 0.25) is 0 Å². The third-order valence-electron chi connectivity index (χ3n) is 7.12. The monoisotopic (exact) mass is 561 g/mol. The molecular weight excluding hydrogens is 530 g/mol. The number of anilines is 1. The third-order valence-corrected chi connectivity index (χ3v) is 8.25. The number of nitrogens with zero attached hydrogens (tertiary/aromatic N) is 6. The van der Waals surface area contributed by atoms with Crippen LogP contribution in [0.25, 0.3) is 32.6 Å². The van der Waals surface area contributed by atoms with Crippen molar-refractivity contribution < 1.29 is 19.4 Å². The predicted molar refractivity (Wildman–Crippen MR) is 153 cm³/mol. The maximum atomic E-state index is 12.3. The smallest absolute Gasteiger partial charge is 0.321 e. The van der Waals surface area contributed by atoms with Gasteiger partial charge in [-0.25, -0.2) is 19.7 Å². The van der Waals surface area contributed by atoms with Crippen LogP contribution >= 0.6 is 11.3 Å². The summed E-state index contributed by atoms with van der Waals surface area (Å²) in [6, 6.07) is 8.25. The van der Waals surface area contributed by atoms with Crippen molar-refractivity contribution in [3.63, 3.8) is 0 Å². The fraction of sp³-hybridized carbons (Fsp3) is 0.357. The molecule has 4 heterocycles. The molecule has 0 radical (unpaired) electrons. The highest BCUT2D eigenvalue weighted by molar-refractivity contribution is 7.23. The average Bonchev–Trinajstić information content (AvgIpc) is 3.37. The van der Waals surface area contributed by atoms with E-state index < -0.39 is 23.5 Å². The number of carboxylic acid groups (broad SMARTS) is 1. The van der Waals surface area contributed by atoms with Crippen LogP contribution in [0.4, 0.5) is 9.93 Å². The van der Waals surface area contributed by atoms with E-state index in [2.05, 4.69) is 15.0 Å². The molecule has 0 spiro atoms. The van der Waals surface area contributed by atoms with Crippen molar-refractivity contribution in [2.45, 2.75) is 32.2 Å². The van der Waals surface area contributed by atoms with Crippen molar-refractivity contribution in [1.29, 1.82) is 0 Å². The van der Waals surface area contributed by atoms with E-state index in [0.29, 0.717) is 49.3 Å². The van der Waals surface area contributed by atoms with Gasteiger partial charge in [-0.15, -0.1) is 0 Å². The summed E-state index contributed by atoms with van der Waals surface area (Å²) in [7, 11) is 0. The minimum Gasteiger partial charge on any atom is -0.480 e. The summed E-state index contributed by atoms with van der Waals surface area (Å²) in [5.74, 6) is -0.474. The third kappa shape index (κ3) is 5.25. The van der Waals surface area contributed by atoms with Gasteiger partial charge in [-0.2, -0.15) is 0 Å². The second-order valence-electron chi connectivity index (χ2n) is 10.1. The SMILES string of the molecule is CCN(C(N)=O)c1nc2cc(-c3cnc(C(C)(C)C(C(=O)O)N4CCOCC4)nc3)cc(-c3ccccn3)c2s1. The van der Waals surface area contributed by atoms with Gasteiger partial charge in [0.1, 0.15) is 11.9 Å². The van der Waals surface area contributed by atoms with E-state index in [0.717, 1.165) is 27.1 Å². The highest BCUT2D eigenvalue weighted by Crippen LogP contribution is 2.39. The van der Waals surface area contributed by atoms with E-state index in [1.807, 2.05) is 56.0 Å². The number of carboxylic acids is 1. The maximum Gasteiger partial charge on any atom is 0.321 e. The summed E-state index contributed by atoms with van der Waals surface area (Å²) in [6.45, 7) is 8.02. The lowest BCUT2D eigenvalue weighted by atomic mass is 9.82. The summed E-state index contributed by atoms with van der Waals surface area (Å²) in [6.07, 6.45) is 5.15. The summed E-state index contributed by atoms with van der Waals surface area (Å²) in [5.41, 5.74) is 8.62. The number of aromatic nitrogens is 4. The zero-order valence-electron chi connectivity index (χ0n) is 22.6. The molecule has 3 N–H and O–H groups in total. The molecule has 4 aromatic rings. The van der Waals surface area contributed by atoms with E-state index in [4.69, 9.17) is 15.5 Å². The second kappa shape index (κ2) is 11.2.